The van der Waals surface area contributed by atoms with Gasteiger partial charge in [-0.2, -0.15) is 0 Å². The van der Waals surface area contributed by atoms with Crippen molar-refractivity contribution in [1.29, 1.82) is 0 Å². The third kappa shape index (κ3) is 3.23. The molecule has 0 radical (unpaired) electrons. The normalized spacial score (nSPS) is 16.8. The van der Waals surface area contributed by atoms with Gasteiger partial charge in [0, 0.05) is 12.0 Å². The summed E-state index contributed by atoms with van der Waals surface area (Å²) in [6, 6.07) is 4.12. The van der Waals surface area contributed by atoms with Gasteiger partial charge in [0.1, 0.15) is 16.9 Å². The van der Waals surface area contributed by atoms with Crippen LogP contribution in [0.2, 0.25) is 0 Å². The van der Waals surface area contributed by atoms with Crippen molar-refractivity contribution in [3.05, 3.63) is 47.4 Å². The molecule has 2 heterocycles. The van der Waals surface area contributed by atoms with Crippen molar-refractivity contribution in [1.82, 2.24) is 10.0 Å². The molecule has 1 aliphatic heterocycles. The van der Waals surface area contributed by atoms with Crippen LogP contribution in [0.15, 0.2) is 40.0 Å². The van der Waals surface area contributed by atoms with Gasteiger partial charge in [0.25, 0.3) is 10.0 Å². The molecule has 1 aromatic heterocycles. The Kier molecular flexibility index (Phi) is 4.23. The first kappa shape index (κ1) is 16.4. The number of carbonyl (C=O) groups excluding carboxylic acids is 1. The Morgan fingerprint density at radius 2 is 2.08 bits per heavy atom. The van der Waals surface area contributed by atoms with Crippen molar-refractivity contribution in [2.75, 3.05) is 6.61 Å². The first-order valence-electron chi connectivity index (χ1n) is 7.46. The third-order valence-electron chi connectivity index (χ3n) is 3.81. The maximum atomic E-state index is 12.1. The summed E-state index contributed by atoms with van der Waals surface area (Å²) in [5.41, 5.74) is 2.90. The molecule has 8 heteroatoms. The van der Waals surface area contributed by atoms with E-state index in [1.165, 1.54) is 12.3 Å². The van der Waals surface area contributed by atoms with Gasteiger partial charge in [-0.3, -0.25) is 0 Å². The van der Waals surface area contributed by atoms with Crippen LogP contribution in [0.3, 0.4) is 0 Å². The van der Waals surface area contributed by atoms with Crippen molar-refractivity contribution in [2.45, 2.75) is 31.2 Å². The molecular weight excluding hydrogens is 332 g/mol. The van der Waals surface area contributed by atoms with Gasteiger partial charge in [0.05, 0.1) is 18.9 Å². The van der Waals surface area contributed by atoms with Crippen molar-refractivity contribution in [3.63, 3.8) is 0 Å². The SMILES string of the molecule is Cc1cc(C)c2c(c1)[C@H](NC(=O)NS(=O)(=O)c1ccoc1)CCO2. The Bertz CT molecular complexity index is 859. The molecule has 1 aliphatic rings. The number of nitrogens with one attached hydrogen (secondary N) is 2. The summed E-state index contributed by atoms with van der Waals surface area (Å²) >= 11 is 0. The van der Waals surface area contributed by atoms with E-state index in [0.717, 1.165) is 28.7 Å². The van der Waals surface area contributed by atoms with Gasteiger partial charge >= 0.3 is 6.03 Å². The van der Waals surface area contributed by atoms with Crippen LogP contribution in [0.5, 0.6) is 5.75 Å². The van der Waals surface area contributed by atoms with Crippen molar-refractivity contribution in [3.8, 4) is 5.75 Å². The fourth-order valence-corrected chi connectivity index (χ4v) is 3.64. The van der Waals surface area contributed by atoms with E-state index in [4.69, 9.17) is 9.15 Å². The number of hydrogen-bond donors (Lipinski definition) is 2. The fourth-order valence-electron chi connectivity index (χ4n) is 2.80. The Morgan fingerprint density at radius 3 is 2.79 bits per heavy atom. The summed E-state index contributed by atoms with van der Waals surface area (Å²) in [4.78, 5) is 12.0. The van der Waals surface area contributed by atoms with Gasteiger partial charge in [0.2, 0.25) is 0 Å². The molecule has 2 aromatic rings. The van der Waals surface area contributed by atoms with Crippen LogP contribution in [0.4, 0.5) is 4.79 Å². The molecule has 2 amide bonds. The van der Waals surface area contributed by atoms with E-state index in [1.54, 1.807) is 0 Å². The van der Waals surface area contributed by atoms with Crippen LogP contribution in [0.1, 0.15) is 29.2 Å². The molecule has 0 aliphatic carbocycles. The lowest BCUT2D eigenvalue weighted by molar-refractivity contribution is 0.227. The van der Waals surface area contributed by atoms with Crippen LogP contribution >= 0.6 is 0 Å². The van der Waals surface area contributed by atoms with Crippen molar-refractivity contribution in [2.24, 2.45) is 0 Å². The number of aryl methyl sites for hydroxylation is 2. The molecule has 128 valence electrons. The van der Waals surface area contributed by atoms with E-state index < -0.39 is 16.1 Å². The lowest BCUT2D eigenvalue weighted by Gasteiger charge is -2.28. The molecule has 24 heavy (non-hydrogen) atoms. The number of fused-ring (bicyclic) bond motifs is 1. The van der Waals surface area contributed by atoms with Gasteiger partial charge in [-0.25, -0.2) is 17.9 Å². The quantitative estimate of drug-likeness (QED) is 0.886. The summed E-state index contributed by atoms with van der Waals surface area (Å²) in [5, 5.41) is 2.71. The van der Waals surface area contributed by atoms with Crippen LogP contribution in [-0.2, 0) is 10.0 Å². The maximum absolute atomic E-state index is 12.1. The first-order valence-corrected chi connectivity index (χ1v) is 8.94. The molecule has 0 saturated carbocycles. The molecule has 0 spiro atoms. The molecular formula is C16H18N2O5S. The van der Waals surface area contributed by atoms with Gasteiger partial charge in [-0.15, -0.1) is 0 Å². The second-order valence-electron chi connectivity index (χ2n) is 5.73. The van der Waals surface area contributed by atoms with Gasteiger partial charge in [0.15, 0.2) is 0 Å². The predicted octanol–water partition coefficient (Wildman–Crippen LogP) is 2.41. The average molecular weight is 350 g/mol. The van der Waals surface area contributed by atoms with E-state index in [2.05, 4.69) is 5.32 Å². The maximum Gasteiger partial charge on any atom is 0.329 e. The second kappa shape index (κ2) is 6.20. The summed E-state index contributed by atoms with van der Waals surface area (Å²) in [6.07, 6.45) is 2.86. The Balaban J connectivity index is 1.77. The highest BCUT2D eigenvalue weighted by molar-refractivity contribution is 7.90. The molecule has 0 fully saturated rings. The van der Waals surface area contributed by atoms with Gasteiger partial charge < -0.3 is 14.5 Å². The average Bonchev–Trinajstić information content (AvgIpc) is 3.02. The number of furan rings is 1. The smallest absolute Gasteiger partial charge is 0.329 e. The zero-order valence-corrected chi connectivity index (χ0v) is 14.1. The minimum Gasteiger partial charge on any atom is -0.493 e. The molecule has 1 aromatic carbocycles. The van der Waals surface area contributed by atoms with E-state index in [-0.39, 0.29) is 10.9 Å². The highest BCUT2D eigenvalue weighted by Gasteiger charge is 2.26. The van der Waals surface area contributed by atoms with E-state index in [1.807, 2.05) is 30.7 Å². The molecule has 0 unspecified atom stereocenters. The van der Waals surface area contributed by atoms with Crippen LogP contribution < -0.4 is 14.8 Å². The summed E-state index contributed by atoms with van der Waals surface area (Å²) in [6.45, 7) is 4.36. The summed E-state index contributed by atoms with van der Waals surface area (Å²) < 4.78 is 36.5. The molecule has 7 nitrogen and oxygen atoms in total. The third-order valence-corrected chi connectivity index (χ3v) is 5.12. The van der Waals surface area contributed by atoms with Crippen LogP contribution in [0.25, 0.3) is 0 Å². The molecule has 1 atom stereocenters. The van der Waals surface area contributed by atoms with Gasteiger partial charge in [-0.05, 0) is 25.5 Å². The van der Waals surface area contributed by atoms with Crippen molar-refractivity contribution >= 4 is 16.1 Å². The standard InChI is InChI=1S/C16H18N2O5S/c1-10-7-11(2)15-13(8-10)14(4-6-23-15)17-16(19)18-24(20,21)12-3-5-22-9-12/h3,5,7-9,14H,4,6H2,1-2H3,(H2,17,18,19)/t14-/m1/s1. The predicted molar refractivity (Wildman–Crippen MR) is 86.3 cm³/mol. The minimum atomic E-state index is -3.95. The van der Waals surface area contributed by atoms with Crippen LogP contribution in [-0.4, -0.2) is 21.1 Å². The number of carbonyl (C=O) groups is 1. The topological polar surface area (TPSA) is 97.6 Å². The van der Waals surface area contributed by atoms with Gasteiger partial charge in [-0.1, -0.05) is 17.7 Å². The number of ether oxygens (including phenoxy) is 1. The molecule has 3 rings (SSSR count). The van der Waals surface area contributed by atoms with E-state index >= 15 is 0 Å². The number of rotatable bonds is 3. The van der Waals surface area contributed by atoms with Crippen LogP contribution in [0, 0.1) is 13.8 Å². The summed E-state index contributed by atoms with van der Waals surface area (Å²) in [7, 11) is -3.95. The highest BCUT2D eigenvalue weighted by atomic mass is 32.2. The number of sulfonamides is 1. The summed E-state index contributed by atoms with van der Waals surface area (Å²) in [5.74, 6) is 0.745. The lowest BCUT2D eigenvalue weighted by Crippen LogP contribution is -2.42. The Hall–Kier alpha value is -2.48. The molecule has 0 saturated heterocycles. The fraction of sp³-hybridized carbons (Fsp3) is 0.312. The van der Waals surface area contributed by atoms with Crippen molar-refractivity contribution < 1.29 is 22.4 Å². The number of urea groups is 1. The molecule has 0 bridgehead atoms. The second-order valence-corrected chi connectivity index (χ2v) is 7.41. The number of hydrogen-bond acceptors (Lipinski definition) is 5. The van der Waals surface area contributed by atoms with E-state index in [9.17, 15) is 13.2 Å². The largest absolute Gasteiger partial charge is 0.493 e. The zero-order chi connectivity index (χ0) is 17.3. The van der Waals surface area contributed by atoms with E-state index in [0.29, 0.717) is 13.0 Å². The lowest BCUT2D eigenvalue weighted by atomic mass is 9.96. The Labute approximate surface area is 140 Å². The molecule has 2 N–H and O–H groups in total. The highest BCUT2D eigenvalue weighted by Crippen LogP contribution is 2.35. The number of benzene rings is 1. The minimum absolute atomic E-state index is 0.100. The Morgan fingerprint density at radius 1 is 1.29 bits per heavy atom. The zero-order valence-electron chi connectivity index (χ0n) is 13.3. The monoisotopic (exact) mass is 350 g/mol. The number of amides is 2. The first-order chi connectivity index (χ1) is 11.4.